The number of rotatable bonds is 6. The van der Waals surface area contributed by atoms with Gasteiger partial charge in [-0.3, -0.25) is 0 Å². The van der Waals surface area contributed by atoms with Crippen LogP contribution in [-0.2, 0) is 0 Å². The molecule has 1 heteroatoms. The molecule has 0 saturated carbocycles. The van der Waals surface area contributed by atoms with Gasteiger partial charge in [-0.1, -0.05) is 47.2 Å². The Morgan fingerprint density at radius 1 is 1.20 bits per heavy atom. The van der Waals surface area contributed by atoms with E-state index in [1.807, 2.05) is 0 Å². The quantitative estimate of drug-likeness (QED) is 0.407. The van der Waals surface area contributed by atoms with E-state index in [1.54, 1.807) is 0 Å². The first-order valence-electron chi connectivity index (χ1n) is 4.30. The van der Waals surface area contributed by atoms with Crippen molar-refractivity contribution in [3.8, 4) is 0 Å². The second kappa shape index (κ2) is 9.17. The lowest BCUT2D eigenvalue weighted by Gasteiger charge is -1.93. The average molecular weight is 158 g/mol. The maximum atomic E-state index is 2.33. The van der Waals surface area contributed by atoms with E-state index >= 15 is 0 Å². The van der Waals surface area contributed by atoms with Crippen molar-refractivity contribution in [1.82, 2.24) is 0 Å². The Kier molecular flexibility index (Phi) is 9.33. The molecule has 0 fully saturated rings. The summed E-state index contributed by atoms with van der Waals surface area (Å²) >= 11 is 0. The minimum Gasteiger partial charge on any atom is -0.0987 e. The summed E-state index contributed by atoms with van der Waals surface area (Å²) in [5.41, 5.74) is 0. The van der Waals surface area contributed by atoms with Crippen molar-refractivity contribution in [2.45, 2.75) is 39.5 Å². The molecule has 0 rings (SSSR count). The Hall–Kier alpha value is 0.170. The second-order valence-corrected chi connectivity index (χ2v) is 3.71. The summed E-state index contributed by atoms with van der Waals surface area (Å²) in [7, 11) is 1.07. The Morgan fingerprint density at radius 2 is 2.00 bits per heavy atom. The highest BCUT2D eigenvalue weighted by Gasteiger charge is 1.82. The first-order chi connectivity index (χ1) is 4.91. The predicted octanol–water partition coefficient (Wildman–Crippen LogP) is 3.78. The standard InChI is InChI=1S/C9H19P/c1-3-5-7-9-10-8-6-4-2/h6,8,10H,3-5,7,9H2,1-2H3. The predicted molar refractivity (Wildman–Crippen MR) is 52.1 cm³/mol. The lowest BCUT2D eigenvalue weighted by atomic mass is 10.3. The van der Waals surface area contributed by atoms with Gasteiger partial charge in [-0.05, 0) is 19.0 Å². The molecule has 0 aromatic rings. The van der Waals surface area contributed by atoms with Crippen LogP contribution in [-0.4, -0.2) is 6.16 Å². The van der Waals surface area contributed by atoms with Crippen LogP contribution in [0.1, 0.15) is 39.5 Å². The van der Waals surface area contributed by atoms with Crippen LogP contribution in [0.5, 0.6) is 0 Å². The Bertz CT molecular complexity index is 76.8. The highest BCUT2D eigenvalue weighted by Crippen LogP contribution is 2.14. The molecular formula is C9H19P. The lowest BCUT2D eigenvalue weighted by molar-refractivity contribution is 0.778. The first-order valence-corrected chi connectivity index (χ1v) is 5.58. The molecule has 0 N–H and O–H groups in total. The van der Waals surface area contributed by atoms with Gasteiger partial charge in [0, 0.05) is 0 Å². The first kappa shape index (κ1) is 10.2. The van der Waals surface area contributed by atoms with E-state index in [-0.39, 0.29) is 0 Å². The monoisotopic (exact) mass is 158 g/mol. The van der Waals surface area contributed by atoms with E-state index in [1.165, 1.54) is 31.8 Å². The van der Waals surface area contributed by atoms with Crippen molar-refractivity contribution >= 4 is 8.58 Å². The van der Waals surface area contributed by atoms with E-state index in [9.17, 15) is 0 Å². The highest BCUT2D eigenvalue weighted by atomic mass is 31.1. The van der Waals surface area contributed by atoms with E-state index in [2.05, 4.69) is 25.7 Å². The summed E-state index contributed by atoms with van der Waals surface area (Å²) in [6, 6.07) is 0. The molecule has 0 aliphatic rings. The fraction of sp³-hybridized carbons (Fsp3) is 0.778. The number of allylic oxidation sites excluding steroid dienone is 1. The summed E-state index contributed by atoms with van der Waals surface area (Å²) in [5, 5.41) is 0. The van der Waals surface area contributed by atoms with Gasteiger partial charge in [-0.2, -0.15) is 0 Å². The van der Waals surface area contributed by atoms with Gasteiger partial charge in [0.25, 0.3) is 0 Å². The molecule has 0 aliphatic heterocycles. The van der Waals surface area contributed by atoms with Gasteiger partial charge in [0.05, 0.1) is 0 Å². The molecule has 10 heavy (non-hydrogen) atoms. The summed E-state index contributed by atoms with van der Waals surface area (Å²) in [4.78, 5) is 0. The SMILES string of the molecule is CCC=CPCCCCC. The Morgan fingerprint density at radius 3 is 2.60 bits per heavy atom. The molecule has 1 unspecified atom stereocenters. The smallest absolute Gasteiger partial charge is 0.0319 e. The maximum absolute atomic E-state index is 2.33. The summed E-state index contributed by atoms with van der Waals surface area (Å²) in [5.74, 6) is 2.33. The minimum absolute atomic E-state index is 1.07. The van der Waals surface area contributed by atoms with Gasteiger partial charge in [-0.15, -0.1) is 0 Å². The minimum atomic E-state index is 1.07. The number of hydrogen-bond acceptors (Lipinski definition) is 0. The van der Waals surface area contributed by atoms with Crippen LogP contribution >= 0.6 is 8.58 Å². The summed E-state index contributed by atoms with van der Waals surface area (Å²) < 4.78 is 0. The average Bonchev–Trinajstić information content (AvgIpc) is 1.97. The third-order valence-electron chi connectivity index (χ3n) is 1.40. The zero-order chi connectivity index (χ0) is 7.66. The van der Waals surface area contributed by atoms with E-state index in [0.717, 1.165) is 8.58 Å². The van der Waals surface area contributed by atoms with Crippen molar-refractivity contribution in [2.24, 2.45) is 0 Å². The van der Waals surface area contributed by atoms with Gasteiger partial charge >= 0.3 is 0 Å². The molecule has 0 aliphatic carbocycles. The van der Waals surface area contributed by atoms with Crippen molar-refractivity contribution < 1.29 is 0 Å². The van der Waals surface area contributed by atoms with Gasteiger partial charge in [-0.25, -0.2) is 0 Å². The molecule has 0 bridgehead atoms. The van der Waals surface area contributed by atoms with Crippen LogP contribution in [0.3, 0.4) is 0 Å². The molecule has 1 atom stereocenters. The third kappa shape index (κ3) is 8.17. The molecule has 0 aromatic heterocycles. The fourth-order valence-electron chi connectivity index (χ4n) is 0.762. The fourth-order valence-corrected chi connectivity index (χ4v) is 1.78. The van der Waals surface area contributed by atoms with Crippen LogP contribution in [0.4, 0.5) is 0 Å². The van der Waals surface area contributed by atoms with Crippen LogP contribution < -0.4 is 0 Å². The van der Waals surface area contributed by atoms with Gasteiger partial charge in [0.2, 0.25) is 0 Å². The zero-order valence-electron chi connectivity index (χ0n) is 7.19. The van der Waals surface area contributed by atoms with Crippen LogP contribution in [0.25, 0.3) is 0 Å². The maximum Gasteiger partial charge on any atom is -0.0319 e. The van der Waals surface area contributed by atoms with Gasteiger partial charge in [0.15, 0.2) is 0 Å². The number of unbranched alkanes of at least 4 members (excludes halogenated alkanes) is 2. The third-order valence-corrected chi connectivity index (χ3v) is 2.51. The molecule has 0 nitrogen and oxygen atoms in total. The molecule has 0 saturated heterocycles. The van der Waals surface area contributed by atoms with Crippen molar-refractivity contribution in [3.63, 3.8) is 0 Å². The van der Waals surface area contributed by atoms with E-state index < -0.39 is 0 Å². The summed E-state index contributed by atoms with van der Waals surface area (Å²) in [6.45, 7) is 4.44. The van der Waals surface area contributed by atoms with Gasteiger partial charge in [0.1, 0.15) is 0 Å². The lowest BCUT2D eigenvalue weighted by Crippen LogP contribution is -1.73. The van der Waals surface area contributed by atoms with Crippen LogP contribution in [0.2, 0.25) is 0 Å². The van der Waals surface area contributed by atoms with Gasteiger partial charge < -0.3 is 0 Å². The van der Waals surface area contributed by atoms with Crippen LogP contribution in [0, 0.1) is 0 Å². The Labute approximate surface area is 66.9 Å². The van der Waals surface area contributed by atoms with Crippen molar-refractivity contribution in [1.29, 1.82) is 0 Å². The zero-order valence-corrected chi connectivity index (χ0v) is 8.19. The summed E-state index contributed by atoms with van der Waals surface area (Å²) in [6.07, 6.45) is 9.05. The highest BCUT2D eigenvalue weighted by molar-refractivity contribution is 7.41. The molecule has 0 aromatic carbocycles. The number of hydrogen-bond donors (Lipinski definition) is 0. The second-order valence-electron chi connectivity index (χ2n) is 2.47. The molecule has 0 radical (unpaired) electrons. The van der Waals surface area contributed by atoms with Crippen LogP contribution in [0.15, 0.2) is 11.9 Å². The van der Waals surface area contributed by atoms with E-state index in [4.69, 9.17) is 0 Å². The van der Waals surface area contributed by atoms with Crippen molar-refractivity contribution in [3.05, 3.63) is 11.9 Å². The largest absolute Gasteiger partial charge is 0.0987 e. The van der Waals surface area contributed by atoms with E-state index in [0.29, 0.717) is 0 Å². The molecule has 0 heterocycles. The molecule has 0 spiro atoms. The molecule has 60 valence electrons. The molecular weight excluding hydrogens is 139 g/mol. The molecule has 0 amide bonds. The Balaban J connectivity index is 2.83. The topological polar surface area (TPSA) is 0 Å². The van der Waals surface area contributed by atoms with Crippen molar-refractivity contribution in [2.75, 3.05) is 6.16 Å². The normalized spacial score (nSPS) is 12.2.